The number of unbranched alkanes of at least 4 members (excludes halogenated alkanes) is 3. The molecule has 3 saturated carbocycles. The Hall–Kier alpha value is -4.41. The van der Waals surface area contributed by atoms with Crippen LogP contribution in [0, 0.1) is 17.8 Å². The van der Waals surface area contributed by atoms with E-state index in [4.69, 9.17) is 43.8 Å². The fraction of sp³-hybridized carbons (Fsp3) is 0.879. The van der Waals surface area contributed by atoms with Crippen molar-refractivity contribution in [1.29, 1.82) is 0 Å². The number of hydrogen-bond acceptors (Lipinski definition) is 28. The van der Waals surface area contributed by atoms with Crippen LogP contribution in [-0.4, -0.2) is 296 Å². The summed E-state index contributed by atoms with van der Waals surface area (Å²) < 4.78 is 60.3. The van der Waals surface area contributed by atoms with Crippen molar-refractivity contribution >= 4 is 54.8 Å². The van der Waals surface area contributed by atoms with E-state index in [0.717, 1.165) is 32.8 Å². The van der Waals surface area contributed by atoms with Gasteiger partial charge in [0.2, 0.25) is 35.4 Å². The van der Waals surface area contributed by atoms with Gasteiger partial charge in [-0.15, -0.1) is 0 Å². The molecular formula is C66H128N7O28P. The summed E-state index contributed by atoms with van der Waals surface area (Å²) in [5.74, 6) is -5.32. The molecule has 0 saturated heterocycles. The summed E-state index contributed by atoms with van der Waals surface area (Å²) in [6.45, 7) is 5.98. The summed E-state index contributed by atoms with van der Waals surface area (Å²) in [6.07, 6.45) is -6.12. The van der Waals surface area contributed by atoms with E-state index in [1.165, 1.54) is 27.9 Å². The predicted octanol–water partition coefficient (Wildman–Crippen LogP) is -1.79. The molecule has 0 radical (unpaired) electrons. The molecule has 0 aliphatic heterocycles. The summed E-state index contributed by atoms with van der Waals surface area (Å²) in [6, 6.07) is -2.88. The maximum absolute atomic E-state index is 13.7. The molecule has 18 N–H and O–H groups in total. The Labute approximate surface area is 601 Å². The third-order valence-electron chi connectivity index (χ3n) is 16.7. The molecule has 35 nitrogen and oxygen atoms in total. The first-order valence-corrected chi connectivity index (χ1v) is 36.0. The molecule has 3 aliphatic rings. The fourth-order valence-corrected chi connectivity index (χ4v) is 11.8. The molecule has 0 aromatic heterocycles. The van der Waals surface area contributed by atoms with Crippen molar-refractivity contribution in [2.45, 2.75) is 237 Å². The van der Waals surface area contributed by atoms with Crippen LogP contribution in [0.4, 0.5) is 0 Å². The molecule has 3 fully saturated rings. The van der Waals surface area contributed by atoms with Crippen LogP contribution < -0.4 is 37.6 Å². The minimum Gasteiger partial charge on any atom is -0.396 e. The van der Waals surface area contributed by atoms with Crippen LogP contribution in [0.3, 0.4) is 0 Å². The zero-order valence-electron chi connectivity index (χ0n) is 59.3. The van der Waals surface area contributed by atoms with E-state index in [2.05, 4.69) is 40.9 Å². The van der Waals surface area contributed by atoms with E-state index in [1.54, 1.807) is 0 Å². The van der Waals surface area contributed by atoms with Crippen LogP contribution in [0.2, 0.25) is 0 Å². The first kappa shape index (κ1) is 99.6. The van der Waals surface area contributed by atoms with Gasteiger partial charge in [0.1, 0.15) is 42.1 Å². The maximum Gasteiger partial charge on any atom is 0.471 e. The van der Waals surface area contributed by atoms with Crippen LogP contribution in [0.25, 0.3) is 0 Å². The van der Waals surface area contributed by atoms with Crippen LogP contribution in [-0.2, 0) is 85.1 Å². The largest absolute Gasteiger partial charge is 0.471 e. The van der Waals surface area contributed by atoms with Crippen LogP contribution in [0.5, 0.6) is 0 Å². The number of phosphoric acid groups is 1. The van der Waals surface area contributed by atoms with E-state index in [9.17, 15) is 88.9 Å². The van der Waals surface area contributed by atoms with Gasteiger partial charge in [0.15, 0.2) is 0 Å². The Morgan fingerprint density at radius 1 is 0.471 bits per heavy atom. The number of methoxy groups -OCH3 is 1. The average Bonchev–Trinajstić information content (AvgIpc) is 0.804. The van der Waals surface area contributed by atoms with Crippen molar-refractivity contribution in [3.8, 4) is 0 Å². The van der Waals surface area contributed by atoms with Gasteiger partial charge < -0.3 is 122 Å². The predicted molar refractivity (Wildman–Crippen MR) is 371 cm³/mol. The second-order valence-electron chi connectivity index (χ2n) is 24.8. The van der Waals surface area contributed by atoms with E-state index in [-0.39, 0.29) is 195 Å². The molecule has 0 bridgehead atoms. The quantitative estimate of drug-likeness (QED) is 0.0182. The van der Waals surface area contributed by atoms with Gasteiger partial charge in [0, 0.05) is 137 Å². The minimum absolute atomic E-state index is 0. The molecule has 6 amide bonds. The minimum atomic E-state index is -3.75. The molecule has 0 aromatic rings. The first-order chi connectivity index (χ1) is 47.6. The standard InChI is InChI=1S/C55H96N6O24.C7H18NO4P.C2H6.2CH4/c1-32(65)58-46-40(22-35(25-62)49(73)52(46)76)83-16-6-8-38(68)12-18-80-28-55(61-45(72)11-5-10-43(70)57-31-79-4,29-81-19-13-39(69)9-7-17-84-41-23-36(26-63)50(74)53(77)47(41)59-33(2)66)30-82-20-14-44(71)56-15-21-85-42-24-37(27-64)51(75)54(78)48(42)60-34(3)67;1-11-13(9,10)12-7-5-3-2-4-6-8;1-2;;/h35-37,40-42,46-54,62-64,73-78H,5-31H2,1-4H3,(H,56,71)(H,57,70)(H,58,65)(H,59,66)(H,60,67)(H,61,72);2-8H2,1H3,(H,9,10);1-2H3;2*1H4. The monoisotopic (exact) mass is 1500 g/mol. The van der Waals surface area contributed by atoms with Crippen molar-refractivity contribution in [3.05, 3.63) is 0 Å². The maximum atomic E-state index is 13.7. The SMILES string of the molecule is C.C.CC.COCNC(=O)CCCC(=O)NC(COCCC(=O)CCCOC1CC(CO)C(O)C(O)C1NC(C)=O)(COCCC(=O)CCCOC1CC(CO)C(O)C(O)C1NC(C)=O)COCCC(=O)NCCOC1CC(CO)C(O)C(O)C1NC(C)=O.COP(=O)(O)OCCCCCCN. The van der Waals surface area contributed by atoms with E-state index >= 15 is 0 Å². The number of aliphatic hydroxyl groups is 9. The molecule has 0 heterocycles. The number of Topliss-reactive ketones (excluding diaryl/α,β-unsaturated/α-hetero) is 2. The van der Waals surface area contributed by atoms with E-state index < -0.39 is 154 Å². The van der Waals surface area contributed by atoms with Crippen LogP contribution in [0.1, 0.15) is 159 Å². The molecule has 16 atom stereocenters. The highest BCUT2D eigenvalue weighted by Crippen LogP contribution is 2.42. The molecule has 3 aliphatic carbocycles. The molecule has 600 valence electrons. The van der Waals surface area contributed by atoms with Crippen LogP contribution >= 0.6 is 7.82 Å². The number of rotatable bonds is 50. The number of phosphoric ester groups is 1. The lowest BCUT2D eigenvalue weighted by atomic mass is 9.79. The van der Waals surface area contributed by atoms with Gasteiger partial charge in [0.25, 0.3) is 0 Å². The van der Waals surface area contributed by atoms with E-state index in [0.29, 0.717) is 6.54 Å². The molecule has 3 rings (SSSR count). The third-order valence-corrected chi connectivity index (χ3v) is 17.7. The smallest absolute Gasteiger partial charge is 0.396 e. The molecule has 16 unspecified atom stereocenters. The van der Waals surface area contributed by atoms with Crippen molar-refractivity contribution in [2.75, 3.05) is 120 Å². The highest BCUT2D eigenvalue weighted by atomic mass is 31.2. The highest BCUT2D eigenvalue weighted by Gasteiger charge is 2.47. The second kappa shape index (κ2) is 56.9. The summed E-state index contributed by atoms with van der Waals surface area (Å²) in [4.78, 5) is 110. The van der Waals surface area contributed by atoms with Crippen molar-refractivity contribution in [3.63, 3.8) is 0 Å². The zero-order valence-corrected chi connectivity index (χ0v) is 60.2. The Morgan fingerprint density at radius 2 is 0.853 bits per heavy atom. The van der Waals surface area contributed by atoms with Gasteiger partial charge >= 0.3 is 7.82 Å². The number of ether oxygens (including phenoxy) is 7. The summed E-state index contributed by atoms with van der Waals surface area (Å²) >= 11 is 0. The van der Waals surface area contributed by atoms with Crippen molar-refractivity contribution < 1.29 is 136 Å². The lowest BCUT2D eigenvalue weighted by Gasteiger charge is -2.42. The Morgan fingerprint density at radius 3 is 1.24 bits per heavy atom. The highest BCUT2D eigenvalue weighted by molar-refractivity contribution is 7.47. The van der Waals surface area contributed by atoms with E-state index in [1.807, 2.05) is 13.8 Å². The fourth-order valence-electron chi connectivity index (χ4n) is 11.4. The number of aliphatic hydroxyl groups excluding tert-OH is 9. The zero-order chi connectivity index (χ0) is 75.2. The lowest BCUT2D eigenvalue weighted by Crippen LogP contribution is -2.61. The number of ketones is 2. The number of nitrogens with two attached hydrogens (primary N) is 1. The summed E-state index contributed by atoms with van der Waals surface area (Å²) in [7, 11) is -1.20. The lowest BCUT2D eigenvalue weighted by molar-refractivity contribution is -0.143. The number of hydrogen-bond donors (Lipinski definition) is 17. The van der Waals surface area contributed by atoms with Gasteiger partial charge in [0.05, 0.1) is 108 Å². The Bertz CT molecular complexity index is 2190. The van der Waals surface area contributed by atoms with Gasteiger partial charge in [-0.3, -0.25) is 47.4 Å². The van der Waals surface area contributed by atoms with Gasteiger partial charge in [-0.1, -0.05) is 41.5 Å². The van der Waals surface area contributed by atoms with Gasteiger partial charge in [-0.2, -0.15) is 0 Å². The Balaban J connectivity index is 0. The number of carbonyl (C=O) groups excluding carboxylic acids is 8. The molecular weight excluding hydrogens is 1370 g/mol. The normalized spacial score (nSPS) is 25.6. The topological polar surface area (TPSA) is 537 Å². The van der Waals surface area contributed by atoms with Crippen LogP contribution in [0.15, 0.2) is 0 Å². The van der Waals surface area contributed by atoms with Crippen molar-refractivity contribution in [2.24, 2.45) is 23.5 Å². The van der Waals surface area contributed by atoms with Crippen molar-refractivity contribution in [1.82, 2.24) is 31.9 Å². The number of carbonyl (C=O) groups is 8. The average molecular weight is 1500 g/mol. The number of amides is 6. The molecule has 36 heteroatoms. The first-order valence-electron chi connectivity index (χ1n) is 34.5. The molecule has 0 spiro atoms. The van der Waals surface area contributed by atoms with Gasteiger partial charge in [-0.25, -0.2) is 4.57 Å². The Kier molecular flexibility index (Phi) is 55.5. The summed E-state index contributed by atoms with van der Waals surface area (Å²) in [5.41, 5.74) is 3.79. The molecule has 102 heavy (non-hydrogen) atoms. The second-order valence-corrected chi connectivity index (χ2v) is 26.4. The summed E-state index contributed by atoms with van der Waals surface area (Å²) in [5, 5.41) is 108. The van der Waals surface area contributed by atoms with Gasteiger partial charge in [-0.05, 0) is 57.9 Å². The molecule has 0 aromatic carbocycles. The number of nitrogens with one attached hydrogen (secondary N) is 6. The third kappa shape index (κ3) is 40.3.